The molecular weight excluding hydrogens is 234 g/mol. The third-order valence-corrected chi connectivity index (χ3v) is 3.62. The average Bonchev–Trinajstić information content (AvgIpc) is 2.57. The highest BCUT2D eigenvalue weighted by atomic mass is 32.2. The lowest BCUT2D eigenvalue weighted by atomic mass is 10.5. The van der Waals surface area contributed by atoms with Crippen LogP contribution in [0.1, 0.15) is 5.69 Å². The number of nitrogens with zero attached hydrogens (tertiary/aromatic N) is 2. The molecule has 1 aromatic heterocycles. The topological polar surface area (TPSA) is 90.3 Å². The van der Waals surface area contributed by atoms with Crippen molar-refractivity contribution in [2.24, 2.45) is 7.05 Å². The number of aromatic nitrogens is 2. The maximum absolute atomic E-state index is 11.7. The quantitative estimate of drug-likeness (QED) is 0.702. The third-order valence-electron chi connectivity index (χ3n) is 2.11. The lowest BCUT2D eigenvalue weighted by Crippen LogP contribution is -2.30. The molecule has 0 saturated heterocycles. The van der Waals surface area contributed by atoms with Gasteiger partial charge in [0, 0.05) is 7.05 Å². The summed E-state index contributed by atoms with van der Waals surface area (Å²) in [5.74, 6) is -0.648. The lowest BCUT2D eigenvalue weighted by Gasteiger charge is -2.04. The molecule has 0 fully saturated rings. The zero-order chi connectivity index (χ0) is 12.3. The summed E-state index contributed by atoms with van der Waals surface area (Å²) in [4.78, 5) is 10.9. The Kier molecular flexibility index (Phi) is 3.66. The first-order valence-corrected chi connectivity index (χ1v) is 5.92. The molecule has 1 rings (SSSR count). The van der Waals surface area contributed by atoms with Gasteiger partial charge in [0.15, 0.2) is 0 Å². The van der Waals surface area contributed by atoms with Crippen molar-refractivity contribution in [3.05, 3.63) is 11.9 Å². The second-order valence-corrected chi connectivity index (χ2v) is 4.85. The minimum absolute atomic E-state index is 0.0545. The molecule has 8 heteroatoms. The van der Waals surface area contributed by atoms with Gasteiger partial charge < -0.3 is 4.74 Å². The molecule has 0 spiro atoms. The molecule has 7 nitrogen and oxygen atoms in total. The van der Waals surface area contributed by atoms with Gasteiger partial charge in [0.2, 0.25) is 10.0 Å². The van der Waals surface area contributed by atoms with Crippen LogP contribution < -0.4 is 4.72 Å². The molecule has 0 bridgehead atoms. The first-order chi connectivity index (χ1) is 7.38. The van der Waals surface area contributed by atoms with Gasteiger partial charge in [-0.25, -0.2) is 8.42 Å². The van der Waals surface area contributed by atoms with E-state index in [9.17, 15) is 13.2 Å². The number of hydrogen-bond donors (Lipinski definition) is 1. The zero-order valence-corrected chi connectivity index (χ0v) is 10.0. The Bertz CT molecular complexity index is 491. The summed E-state index contributed by atoms with van der Waals surface area (Å²) in [6.45, 7) is 1.23. The molecule has 16 heavy (non-hydrogen) atoms. The summed E-state index contributed by atoms with van der Waals surface area (Å²) in [6.07, 6.45) is 1.23. The number of hydrogen-bond acceptors (Lipinski definition) is 5. The number of sulfonamides is 1. The number of nitrogens with one attached hydrogen (secondary N) is 1. The second kappa shape index (κ2) is 4.62. The SMILES string of the molecule is COC(=O)CNS(=O)(=O)c1cnn(C)c1C. The summed E-state index contributed by atoms with van der Waals surface area (Å²) >= 11 is 0. The Hall–Kier alpha value is -1.41. The summed E-state index contributed by atoms with van der Waals surface area (Å²) in [7, 11) is -0.889. The number of carbonyl (C=O) groups excluding carboxylic acids is 1. The summed E-state index contributed by atoms with van der Waals surface area (Å²) in [6, 6.07) is 0. The van der Waals surface area contributed by atoms with E-state index in [4.69, 9.17) is 0 Å². The summed E-state index contributed by atoms with van der Waals surface area (Å²) in [5.41, 5.74) is 0.498. The van der Waals surface area contributed by atoms with E-state index < -0.39 is 22.5 Å². The van der Waals surface area contributed by atoms with E-state index in [0.717, 1.165) is 0 Å². The Morgan fingerprint density at radius 2 is 2.25 bits per heavy atom. The standard InChI is InChI=1S/C8H13N3O4S/c1-6-7(4-9-11(6)2)16(13,14)10-5-8(12)15-3/h4,10H,5H2,1-3H3. The van der Waals surface area contributed by atoms with E-state index in [0.29, 0.717) is 5.69 Å². The van der Waals surface area contributed by atoms with Crippen LogP contribution in [0, 0.1) is 6.92 Å². The highest BCUT2D eigenvalue weighted by molar-refractivity contribution is 7.89. The van der Waals surface area contributed by atoms with Crippen LogP contribution in [0.5, 0.6) is 0 Å². The van der Waals surface area contributed by atoms with Crippen LogP contribution in [-0.2, 0) is 26.6 Å². The molecule has 0 saturated carbocycles. The van der Waals surface area contributed by atoms with Gasteiger partial charge in [-0.1, -0.05) is 0 Å². The van der Waals surface area contributed by atoms with Crippen molar-refractivity contribution in [3.8, 4) is 0 Å². The molecule has 1 N–H and O–H groups in total. The fourth-order valence-electron chi connectivity index (χ4n) is 1.05. The monoisotopic (exact) mass is 247 g/mol. The molecule has 0 aliphatic carbocycles. The van der Waals surface area contributed by atoms with E-state index >= 15 is 0 Å². The molecule has 1 heterocycles. The molecule has 0 aliphatic heterocycles. The van der Waals surface area contributed by atoms with Crippen LogP contribution in [0.3, 0.4) is 0 Å². The van der Waals surface area contributed by atoms with Crippen LogP contribution in [0.2, 0.25) is 0 Å². The fraction of sp³-hybridized carbons (Fsp3) is 0.500. The van der Waals surface area contributed by atoms with Gasteiger partial charge in [0.05, 0.1) is 19.0 Å². The molecule has 0 amide bonds. The fourth-order valence-corrected chi connectivity index (χ4v) is 2.22. The normalized spacial score (nSPS) is 11.4. The predicted molar refractivity (Wildman–Crippen MR) is 55.1 cm³/mol. The van der Waals surface area contributed by atoms with Crippen LogP contribution in [0.15, 0.2) is 11.1 Å². The second-order valence-electron chi connectivity index (χ2n) is 3.12. The third kappa shape index (κ3) is 2.58. The largest absolute Gasteiger partial charge is 0.468 e. The number of carbonyl (C=O) groups is 1. The zero-order valence-electron chi connectivity index (χ0n) is 9.22. The van der Waals surface area contributed by atoms with Gasteiger partial charge in [-0.2, -0.15) is 9.82 Å². The number of rotatable bonds is 4. The lowest BCUT2D eigenvalue weighted by molar-refractivity contribution is -0.139. The Morgan fingerprint density at radius 1 is 1.62 bits per heavy atom. The van der Waals surface area contributed by atoms with Gasteiger partial charge >= 0.3 is 5.97 Å². The molecule has 0 atom stereocenters. The first kappa shape index (κ1) is 12.7. The van der Waals surface area contributed by atoms with E-state index in [-0.39, 0.29) is 4.90 Å². The van der Waals surface area contributed by atoms with Crippen molar-refractivity contribution in [2.45, 2.75) is 11.8 Å². The summed E-state index contributed by atoms with van der Waals surface area (Å²) < 4.78 is 31.3. The minimum Gasteiger partial charge on any atom is -0.468 e. The molecule has 1 aromatic rings. The average molecular weight is 247 g/mol. The Labute approximate surface area is 93.4 Å². The van der Waals surface area contributed by atoms with Gasteiger partial charge in [0.25, 0.3) is 0 Å². The van der Waals surface area contributed by atoms with Crippen molar-refractivity contribution < 1.29 is 17.9 Å². The van der Waals surface area contributed by atoms with E-state index in [1.165, 1.54) is 18.0 Å². The number of aryl methyl sites for hydroxylation is 1. The number of ether oxygens (including phenoxy) is 1. The van der Waals surface area contributed by atoms with Crippen molar-refractivity contribution in [3.63, 3.8) is 0 Å². The maximum Gasteiger partial charge on any atom is 0.320 e. The van der Waals surface area contributed by atoms with Crippen molar-refractivity contribution in [1.29, 1.82) is 0 Å². The molecule has 0 aliphatic rings. The van der Waals surface area contributed by atoms with E-state index in [1.54, 1.807) is 14.0 Å². The van der Waals surface area contributed by atoms with E-state index in [2.05, 4.69) is 14.6 Å². The summed E-state index contributed by atoms with van der Waals surface area (Å²) in [5, 5.41) is 3.81. The van der Waals surface area contributed by atoms with E-state index in [1.807, 2.05) is 0 Å². The number of esters is 1. The number of methoxy groups -OCH3 is 1. The van der Waals surface area contributed by atoms with Crippen LogP contribution >= 0.6 is 0 Å². The predicted octanol–water partition coefficient (Wildman–Crippen LogP) is -0.820. The first-order valence-electron chi connectivity index (χ1n) is 4.43. The molecule has 0 unspecified atom stereocenters. The molecule has 90 valence electrons. The van der Waals surface area contributed by atoms with Crippen molar-refractivity contribution in [1.82, 2.24) is 14.5 Å². The van der Waals surface area contributed by atoms with Gasteiger partial charge in [-0.05, 0) is 6.92 Å². The van der Waals surface area contributed by atoms with Crippen LogP contribution in [0.4, 0.5) is 0 Å². The maximum atomic E-state index is 11.7. The highest BCUT2D eigenvalue weighted by Gasteiger charge is 2.20. The molecule has 0 radical (unpaired) electrons. The molecule has 0 aromatic carbocycles. The van der Waals surface area contributed by atoms with Gasteiger partial charge in [0.1, 0.15) is 11.4 Å². The van der Waals surface area contributed by atoms with Gasteiger partial charge in [-0.15, -0.1) is 0 Å². The Morgan fingerprint density at radius 3 is 2.69 bits per heavy atom. The van der Waals surface area contributed by atoms with Crippen LogP contribution in [-0.4, -0.2) is 37.8 Å². The van der Waals surface area contributed by atoms with Crippen molar-refractivity contribution >= 4 is 16.0 Å². The highest BCUT2D eigenvalue weighted by Crippen LogP contribution is 2.12. The smallest absolute Gasteiger partial charge is 0.320 e. The van der Waals surface area contributed by atoms with Crippen LogP contribution in [0.25, 0.3) is 0 Å². The minimum atomic E-state index is -3.71. The Balaban J connectivity index is 2.87. The van der Waals surface area contributed by atoms with Gasteiger partial charge in [-0.3, -0.25) is 9.48 Å². The molecular formula is C8H13N3O4S. The van der Waals surface area contributed by atoms with Crippen molar-refractivity contribution in [2.75, 3.05) is 13.7 Å².